The van der Waals surface area contributed by atoms with Gasteiger partial charge in [0.15, 0.2) is 0 Å². The molecule has 0 atom stereocenters. The molecule has 7 nitrogen and oxygen atoms in total. The minimum Gasteiger partial charge on any atom is -0.448 e. The molecular weight excluding hydrogens is 258 g/mol. The van der Waals surface area contributed by atoms with Crippen LogP contribution >= 0.6 is 0 Å². The molecule has 0 saturated heterocycles. The third-order valence-electron chi connectivity index (χ3n) is 3.01. The Morgan fingerprint density at radius 1 is 1.45 bits per heavy atom. The summed E-state index contributed by atoms with van der Waals surface area (Å²) in [5.74, 6) is 0.932. The van der Waals surface area contributed by atoms with Crippen molar-refractivity contribution in [1.29, 1.82) is 5.41 Å². The summed E-state index contributed by atoms with van der Waals surface area (Å²) in [6.45, 7) is 0.416. The van der Waals surface area contributed by atoms with Gasteiger partial charge in [0.2, 0.25) is 5.88 Å². The first-order valence-electron chi connectivity index (χ1n) is 5.99. The molecule has 20 heavy (non-hydrogen) atoms. The molecular formula is C13H13N5O2. The third kappa shape index (κ3) is 2.05. The van der Waals surface area contributed by atoms with Crippen LogP contribution in [0.4, 0.5) is 22.1 Å². The summed E-state index contributed by atoms with van der Waals surface area (Å²) in [7, 11) is 0. The van der Waals surface area contributed by atoms with Gasteiger partial charge in [0.1, 0.15) is 5.84 Å². The Morgan fingerprint density at radius 3 is 3.10 bits per heavy atom. The lowest BCUT2D eigenvalue weighted by Crippen LogP contribution is -2.39. The first-order valence-corrected chi connectivity index (χ1v) is 5.99. The second-order valence-corrected chi connectivity index (χ2v) is 4.31. The van der Waals surface area contributed by atoms with E-state index in [4.69, 9.17) is 15.6 Å². The first-order chi connectivity index (χ1) is 9.65. The number of carbonyl (C=O) groups is 1. The fraction of sp³-hybridized carbons (Fsp3) is 0.0769. The normalized spacial score (nSPS) is 13.6. The fourth-order valence-electron chi connectivity index (χ4n) is 2.12. The van der Waals surface area contributed by atoms with E-state index in [-0.39, 0.29) is 0 Å². The van der Waals surface area contributed by atoms with E-state index < -0.39 is 6.03 Å². The molecule has 5 N–H and O–H groups in total. The van der Waals surface area contributed by atoms with Gasteiger partial charge in [0.25, 0.3) is 0 Å². The van der Waals surface area contributed by atoms with E-state index in [1.54, 1.807) is 35.4 Å². The predicted molar refractivity (Wildman–Crippen MR) is 76.2 cm³/mol. The van der Waals surface area contributed by atoms with Gasteiger partial charge in [-0.3, -0.25) is 5.41 Å². The van der Waals surface area contributed by atoms with E-state index in [0.29, 0.717) is 29.6 Å². The first kappa shape index (κ1) is 12.1. The van der Waals surface area contributed by atoms with Crippen LogP contribution in [0.1, 0.15) is 5.56 Å². The van der Waals surface area contributed by atoms with Gasteiger partial charge >= 0.3 is 6.03 Å². The lowest BCUT2D eigenvalue weighted by Gasteiger charge is -2.29. The zero-order valence-corrected chi connectivity index (χ0v) is 10.5. The van der Waals surface area contributed by atoms with Gasteiger partial charge in [-0.2, -0.15) is 0 Å². The Bertz CT molecular complexity index is 679. The minimum atomic E-state index is -0.619. The van der Waals surface area contributed by atoms with Crippen molar-refractivity contribution in [2.24, 2.45) is 5.73 Å². The van der Waals surface area contributed by atoms with Gasteiger partial charge < -0.3 is 25.7 Å². The molecule has 0 aliphatic carbocycles. The van der Waals surface area contributed by atoms with Crippen LogP contribution in [0.3, 0.4) is 0 Å². The van der Waals surface area contributed by atoms with Gasteiger partial charge in [-0.05, 0) is 24.3 Å². The van der Waals surface area contributed by atoms with Crippen LogP contribution in [0.15, 0.2) is 41.0 Å². The van der Waals surface area contributed by atoms with Crippen molar-refractivity contribution >= 4 is 29.1 Å². The average molecular weight is 271 g/mol. The molecule has 3 rings (SSSR count). The molecule has 1 aromatic carbocycles. The molecule has 0 radical (unpaired) electrons. The molecule has 1 aromatic heterocycles. The number of furan rings is 1. The molecule has 0 unspecified atom stereocenters. The molecule has 2 amide bonds. The number of benzene rings is 1. The zero-order valence-electron chi connectivity index (χ0n) is 10.5. The number of urea groups is 1. The van der Waals surface area contributed by atoms with Crippen molar-refractivity contribution in [1.82, 2.24) is 0 Å². The molecule has 1 aliphatic heterocycles. The maximum Gasteiger partial charge on any atom is 0.316 e. The molecule has 0 bridgehead atoms. The second-order valence-electron chi connectivity index (χ2n) is 4.31. The number of hydrogen-bond donors (Lipinski definition) is 4. The number of nitrogens with one attached hydrogen (secondary N) is 3. The monoisotopic (exact) mass is 271 g/mol. The number of amidine groups is 1. The highest BCUT2D eigenvalue weighted by Crippen LogP contribution is 2.28. The number of fused-ring (bicyclic) bond motifs is 1. The van der Waals surface area contributed by atoms with E-state index in [1.807, 2.05) is 6.07 Å². The number of anilines is 3. The van der Waals surface area contributed by atoms with E-state index in [9.17, 15) is 4.79 Å². The summed E-state index contributed by atoms with van der Waals surface area (Å²) in [6.07, 6.45) is 1.54. The standard InChI is InChI=1S/C13H13N5O2/c14-11-10-4-5-20-12(10)16-7-18(11)9-3-1-2-8(6-9)17-13(15)19/h1-6,14,16H,7H2,(H3,15,17,19). The quantitative estimate of drug-likeness (QED) is 0.669. The molecule has 0 fully saturated rings. The van der Waals surface area contributed by atoms with E-state index in [0.717, 1.165) is 5.69 Å². The maximum absolute atomic E-state index is 10.9. The fourth-order valence-corrected chi connectivity index (χ4v) is 2.12. The number of carbonyl (C=O) groups excluding carboxylic acids is 1. The second kappa shape index (κ2) is 4.61. The van der Waals surface area contributed by atoms with Gasteiger partial charge in [-0.25, -0.2) is 4.79 Å². The lowest BCUT2D eigenvalue weighted by atomic mass is 10.2. The maximum atomic E-state index is 10.9. The highest BCUT2D eigenvalue weighted by molar-refractivity contribution is 6.12. The Morgan fingerprint density at radius 2 is 2.30 bits per heavy atom. The Kier molecular flexibility index (Phi) is 2.79. The summed E-state index contributed by atoms with van der Waals surface area (Å²) in [4.78, 5) is 12.6. The molecule has 1 aliphatic rings. The van der Waals surface area contributed by atoms with E-state index in [1.165, 1.54) is 0 Å². The number of amides is 2. The van der Waals surface area contributed by atoms with Crippen LogP contribution in [-0.4, -0.2) is 18.5 Å². The van der Waals surface area contributed by atoms with Crippen molar-refractivity contribution in [3.63, 3.8) is 0 Å². The Balaban J connectivity index is 1.90. The zero-order chi connectivity index (χ0) is 14.1. The number of primary amides is 1. The van der Waals surface area contributed by atoms with Crippen molar-refractivity contribution in [3.8, 4) is 0 Å². The van der Waals surface area contributed by atoms with Crippen LogP contribution in [-0.2, 0) is 0 Å². The van der Waals surface area contributed by atoms with Crippen LogP contribution in [0.2, 0.25) is 0 Å². The minimum absolute atomic E-state index is 0.337. The summed E-state index contributed by atoms with van der Waals surface area (Å²) in [5.41, 5.74) is 7.16. The molecule has 2 aromatic rings. The number of hydrogen-bond acceptors (Lipinski definition) is 4. The summed E-state index contributed by atoms with van der Waals surface area (Å²) in [5, 5.41) is 13.8. The molecule has 7 heteroatoms. The number of nitrogens with zero attached hydrogens (tertiary/aromatic N) is 1. The van der Waals surface area contributed by atoms with Crippen LogP contribution in [0, 0.1) is 5.41 Å². The van der Waals surface area contributed by atoms with Crippen molar-refractivity contribution in [3.05, 3.63) is 42.2 Å². The van der Waals surface area contributed by atoms with Gasteiger partial charge in [0.05, 0.1) is 18.5 Å². The molecule has 102 valence electrons. The van der Waals surface area contributed by atoms with Gasteiger partial charge in [-0.15, -0.1) is 0 Å². The van der Waals surface area contributed by atoms with Gasteiger partial charge in [0, 0.05) is 11.4 Å². The summed E-state index contributed by atoms with van der Waals surface area (Å²) >= 11 is 0. The largest absolute Gasteiger partial charge is 0.448 e. The van der Waals surface area contributed by atoms with E-state index >= 15 is 0 Å². The summed E-state index contributed by atoms with van der Waals surface area (Å²) < 4.78 is 5.23. The summed E-state index contributed by atoms with van der Waals surface area (Å²) in [6, 6.07) is 8.25. The Hall–Kier alpha value is -2.96. The topological polar surface area (TPSA) is 107 Å². The number of rotatable bonds is 2. The average Bonchev–Trinajstić information content (AvgIpc) is 2.88. The van der Waals surface area contributed by atoms with Crippen molar-refractivity contribution < 1.29 is 9.21 Å². The lowest BCUT2D eigenvalue weighted by molar-refractivity contribution is 0.259. The predicted octanol–water partition coefficient (Wildman–Crippen LogP) is 1.99. The SMILES string of the molecule is N=C1c2ccoc2NCN1c1cccc(NC(N)=O)c1. The van der Waals surface area contributed by atoms with Gasteiger partial charge in [-0.1, -0.05) is 6.07 Å². The van der Waals surface area contributed by atoms with Crippen LogP contribution in [0.25, 0.3) is 0 Å². The van der Waals surface area contributed by atoms with Crippen LogP contribution < -0.4 is 21.3 Å². The highest BCUT2D eigenvalue weighted by Gasteiger charge is 2.24. The Labute approximate surface area is 114 Å². The van der Waals surface area contributed by atoms with Crippen LogP contribution in [0.5, 0.6) is 0 Å². The van der Waals surface area contributed by atoms with Crippen molar-refractivity contribution in [2.45, 2.75) is 0 Å². The third-order valence-corrected chi connectivity index (χ3v) is 3.01. The van der Waals surface area contributed by atoms with E-state index in [2.05, 4.69) is 10.6 Å². The molecule has 2 heterocycles. The smallest absolute Gasteiger partial charge is 0.316 e. The number of nitrogens with two attached hydrogens (primary N) is 1. The molecule has 0 spiro atoms. The van der Waals surface area contributed by atoms with Crippen molar-refractivity contribution in [2.75, 3.05) is 22.2 Å². The molecule has 0 saturated carbocycles. The highest BCUT2D eigenvalue weighted by atomic mass is 16.3.